The van der Waals surface area contributed by atoms with Crippen molar-refractivity contribution in [2.75, 3.05) is 0 Å². The fourth-order valence-electron chi connectivity index (χ4n) is 4.12. The van der Waals surface area contributed by atoms with Gasteiger partial charge in [-0.25, -0.2) is 4.79 Å². The number of nitrogens with one attached hydrogen (secondary N) is 3. The molecule has 0 aliphatic carbocycles. The second-order valence-electron chi connectivity index (χ2n) is 9.71. The lowest BCUT2D eigenvalue weighted by molar-refractivity contribution is -0.158. The van der Waals surface area contributed by atoms with E-state index in [4.69, 9.17) is 4.74 Å². The Morgan fingerprint density at radius 2 is 1.63 bits per heavy atom. The zero-order chi connectivity index (χ0) is 26.0. The van der Waals surface area contributed by atoms with Crippen molar-refractivity contribution >= 4 is 23.7 Å². The second kappa shape index (κ2) is 13.9. The molecule has 8 nitrogen and oxygen atoms in total. The van der Waals surface area contributed by atoms with Crippen LogP contribution in [0.25, 0.3) is 0 Å². The molecule has 6 atom stereocenters. The normalized spacial score (nSPS) is 26.1. The van der Waals surface area contributed by atoms with Crippen LogP contribution in [0.5, 0.6) is 0 Å². The summed E-state index contributed by atoms with van der Waals surface area (Å²) in [7, 11) is 0. The molecule has 3 amide bonds. The number of benzene rings is 1. The van der Waals surface area contributed by atoms with E-state index in [-0.39, 0.29) is 30.6 Å². The second-order valence-corrected chi connectivity index (χ2v) is 9.71. The van der Waals surface area contributed by atoms with Crippen molar-refractivity contribution in [1.82, 2.24) is 16.0 Å². The molecule has 194 valence electrons. The van der Waals surface area contributed by atoms with E-state index in [1.54, 1.807) is 6.92 Å². The molecule has 0 aromatic heterocycles. The van der Waals surface area contributed by atoms with Crippen molar-refractivity contribution in [3.05, 3.63) is 35.9 Å². The standard InChI is InChI=1S/C27H41N3O5/c1-6-8-12-18(4)22-16-23(31)29-21(15-20-13-10-9-11-14-20)26(33)28-19(5)25(32)30-24(17(3)7-2)27(34)35-22/h9-11,13-14,17-19,21-22,24H,6-8,12,15-16H2,1-5H3,(H,28,33)(H,29,31)(H,30,32)/t17-,18+,19-,21-,22+,24?/m0/s1. The van der Waals surface area contributed by atoms with Gasteiger partial charge in [0.15, 0.2) is 0 Å². The highest BCUT2D eigenvalue weighted by atomic mass is 16.5. The van der Waals surface area contributed by atoms with Crippen molar-refractivity contribution in [2.24, 2.45) is 11.8 Å². The molecule has 1 fully saturated rings. The number of unbranched alkanes of at least 4 members (excludes halogenated alkanes) is 1. The summed E-state index contributed by atoms with van der Waals surface area (Å²) >= 11 is 0. The van der Waals surface area contributed by atoms with Gasteiger partial charge in [-0.3, -0.25) is 14.4 Å². The Morgan fingerprint density at radius 1 is 0.943 bits per heavy atom. The predicted molar refractivity (Wildman–Crippen MR) is 134 cm³/mol. The minimum atomic E-state index is -0.892. The minimum Gasteiger partial charge on any atom is -0.460 e. The van der Waals surface area contributed by atoms with E-state index >= 15 is 0 Å². The van der Waals surface area contributed by atoms with E-state index in [2.05, 4.69) is 22.9 Å². The van der Waals surface area contributed by atoms with Crippen molar-refractivity contribution in [1.29, 1.82) is 0 Å². The van der Waals surface area contributed by atoms with E-state index < -0.39 is 42.0 Å². The van der Waals surface area contributed by atoms with Gasteiger partial charge in [-0.1, -0.05) is 77.3 Å². The Kier molecular flexibility index (Phi) is 11.2. The predicted octanol–water partition coefficient (Wildman–Crippen LogP) is 2.89. The maximum Gasteiger partial charge on any atom is 0.329 e. The number of carbonyl (C=O) groups is 4. The highest BCUT2D eigenvalue weighted by molar-refractivity contribution is 5.94. The molecule has 0 radical (unpaired) electrons. The van der Waals surface area contributed by atoms with E-state index in [0.717, 1.165) is 24.8 Å². The molecule has 0 spiro atoms. The summed E-state index contributed by atoms with van der Waals surface area (Å²) in [4.78, 5) is 52.3. The van der Waals surface area contributed by atoms with Gasteiger partial charge in [0.25, 0.3) is 0 Å². The first-order chi connectivity index (χ1) is 16.7. The smallest absolute Gasteiger partial charge is 0.329 e. The van der Waals surface area contributed by atoms with Crippen molar-refractivity contribution in [3.63, 3.8) is 0 Å². The molecular formula is C27H41N3O5. The third-order valence-corrected chi connectivity index (χ3v) is 6.75. The average Bonchev–Trinajstić information content (AvgIpc) is 2.84. The van der Waals surface area contributed by atoms with Crippen molar-refractivity contribution in [3.8, 4) is 0 Å². The Morgan fingerprint density at radius 3 is 2.26 bits per heavy atom. The van der Waals surface area contributed by atoms with Gasteiger partial charge in [-0.15, -0.1) is 0 Å². The summed E-state index contributed by atoms with van der Waals surface area (Å²) in [6.07, 6.45) is 2.95. The average molecular weight is 488 g/mol. The molecule has 8 heteroatoms. The molecule has 1 aromatic carbocycles. The van der Waals surface area contributed by atoms with Crippen LogP contribution in [0, 0.1) is 11.8 Å². The Labute approximate surface area is 208 Å². The number of carbonyl (C=O) groups excluding carboxylic acids is 4. The first kappa shape index (κ1) is 28.3. The van der Waals surface area contributed by atoms with Crippen LogP contribution in [-0.4, -0.2) is 47.9 Å². The van der Waals surface area contributed by atoms with Gasteiger partial charge in [0.1, 0.15) is 24.2 Å². The molecular weight excluding hydrogens is 446 g/mol. The van der Waals surface area contributed by atoms with Gasteiger partial charge in [0.2, 0.25) is 17.7 Å². The van der Waals surface area contributed by atoms with E-state index in [1.807, 2.05) is 51.1 Å². The van der Waals surface area contributed by atoms with Gasteiger partial charge in [0, 0.05) is 6.42 Å². The fourth-order valence-corrected chi connectivity index (χ4v) is 4.12. The van der Waals surface area contributed by atoms with Crippen molar-refractivity contribution < 1.29 is 23.9 Å². The number of hydrogen-bond donors (Lipinski definition) is 3. The van der Waals surface area contributed by atoms with Crippen molar-refractivity contribution in [2.45, 2.75) is 97.4 Å². The largest absolute Gasteiger partial charge is 0.460 e. The van der Waals surface area contributed by atoms with E-state index in [0.29, 0.717) is 6.42 Å². The van der Waals surface area contributed by atoms with Crippen LogP contribution in [0.2, 0.25) is 0 Å². The van der Waals surface area contributed by atoms with Gasteiger partial charge >= 0.3 is 5.97 Å². The highest BCUT2D eigenvalue weighted by Crippen LogP contribution is 2.21. The lowest BCUT2D eigenvalue weighted by Crippen LogP contribution is -2.55. The Balaban J connectivity index is 2.37. The van der Waals surface area contributed by atoms with Crippen LogP contribution in [0.3, 0.4) is 0 Å². The third-order valence-electron chi connectivity index (χ3n) is 6.75. The minimum absolute atomic E-state index is 0.0497. The first-order valence-electron chi connectivity index (χ1n) is 12.8. The lowest BCUT2D eigenvalue weighted by atomic mass is 9.94. The van der Waals surface area contributed by atoms with E-state index in [1.165, 1.54) is 0 Å². The number of ether oxygens (including phenoxy) is 1. The number of hydrogen-bond acceptors (Lipinski definition) is 5. The van der Waals surface area contributed by atoms with Crippen LogP contribution < -0.4 is 16.0 Å². The van der Waals surface area contributed by atoms with Crippen LogP contribution in [0.4, 0.5) is 0 Å². The van der Waals surface area contributed by atoms with Crippen LogP contribution in [0.1, 0.15) is 72.3 Å². The van der Waals surface area contributed by atoms with Gasteiger partial charge in [-0.2, -0.15) is 0 Å². The SMILES string of the molecule is CCCC[C@@H](C)[C@H]1CC(=O)N[C@@H](Cc2ccccc2)C(=O)N[C@@H](C)C(=O)NC([C@@H](C)CC)C(=O)O1. The molecule has 1 aromatic rings. The Bertz CT molecular complexity index is 860. The quantitative estimate of drug-likeness (QED) is 0.488. The molecule has 0 bridgehead atoms. The summed E-state index contributed by atoms with van der Waals surface area (Å²) < 4.78 is 5.87. The summed E-state index contributed by atoms with van der Waals surface area (Å²) in [5.41, 5.74) is 0.880. The number of cyclic esters (lactones) is 1. The maximum absolute atomic E-state index is 13.2. The third kappa shape index (κ3) is 8.67. The molecule has 0 saturated carbocycles. The summed E-state index contributed by atoms with van der Waals surface area (Å²) in [5, 5.41) is 8.28. The monoisotopic (exact) mass is 487 g/mol. The van der Waals surface area contributed by atoms with E-state index in [9.17, 15) is 19.2 Å². The molecule has 1 heterocycles. The van der Waals surface area contributed by atoms with Gasteiger partial charge in [-0.05, 0) is 30.7 Å². The maximum atomic E-state index is 13.2. The summed E-state index contributed by atoms with van der Waals surface area (Å²) in [6, 6.07) is 6.75. The molecule has 1 unspecified atom stereocenters. The molecule has 1 saturated heterocycles. The summed E-state index contributed by atoms with van der Waals surface area (Å²) in [6.45, 7) is 9.40. The fraction of sp³-hybridized carbons (Fsp3) is 0.630. The first-order valence-corrected chi connectivity index (χ1v) is 12.8. The topological polar surface area (TPSA) is 114 Å². The van der Waals surface area contributed by atoms with Gasteiger partial charge in [0.05, 0.1) is 6.42 Å². The number of rotatable bonds is 8. The molecule has 3 N–H and O–H groups in total. The molecule has 1 aliphatic rings. The zero-order valence-corrected chi connectivity index (χ0v) is 21.6. The van der Waals surface area contributed by atoms with Crippen LogP contribution in [0.15, 0.2) is 30.3 Å². The van der Waals surface area contributed by atoms with Gasteiger partial charge < -0.3 is 20.7 Å². The highest BCUT2D eigenvalue weighted by Gasteiger charge is 2.35. The number of amides is 3. The van der Waals surface area contributed by atoms with Crippen LogP contribution in [-0.2, 0) is 30.3 Å². The summed E-state index contributed by atoms with van der Waals surface area (Å²) in [5.74, 6) is -2.07. The molecule has 1 aliphatic heterocycles. The van der Waals surface area contributed by atoms with Crippen LogP contribution >= 0.6 is 0 Å². The molecule has 2 rings (SSSR count). The zero-order valence-electron chi connectivity index (χ0n) is 21.6. The lowest BCUT2D eigenvalue weighted by Gasteiger charge is -2.29. The number of esters is 1. The Hall–Kier alpha value is -2.90. The molecule has 35 heavy (non-hydrogen) atoms.